The summed E-state index contributed by atoms with van der Waals surface area (Å²) in [5, 5.41) is 8.97. The molecule has 1 saturated carbocycles. The second-order valence-corrected chi connectivity index (χ2v) is 5.35. The van der Waals surface area contributed by atoms with Crippen molar-refractivity contribution in [3.8, 4) is 0 Å². The molecule has 0 aromatic heterocycles. The number of halogens is 1. The number of nitrogens with zero attached hydrogens (tertiary/aromatic N) is 1. The Morgan fingerprint density at radius 3 is 2.44 bits per heavy atom. The Labute approximate surface area is 105 Å². The summed E-state index contributed by atoms with van der Waals surface area (Å²) in [6.45, 7) is 1.45. The highest BCUT2D eigenvalue weighted by Gasteiger charge is 2.54. The maximum Gasteiger partial charge on any atom is 0.233 e. The highest BCUT2D eigenvalue weighted by atomic mass is 19.1. The molecule has 0 atom stereocenters. The standard InChI is InChI=1S/C14H16FNO2/c15-12-3-1-11(2-4-12)14(5-6-14)13(18)16-7-10(8-16)9-17/h1-4,10,17H,5-9H2. The summed E-state index contributed by atoms with van der Waals surface area (Å²) < 4.78 is 12.9. The van der Waals surface area contributed by atoms with Crippen LogP contribution < -0.4 is 0 Å². The molecule has 0 bridgehead atoms. The van der Waals surface area contributed by atoms with Gasteiger partial charge in [0.1, 0.15) is 5.82 Å². The first-order valence-corrected chi connectivity index (χ1v) is 6.32. The minimum atomic E-state index is -0.409. The fourth-order valence-electron chi connectivity index (χ4n) is 2.67. The third-order valence-electron chi connectivity index (χ3n) is 4.06. The third kappa shape index (κ3) is 1.72. The summed E-state index contributed by atoms with van der Waals surface area (Å²) in [5.41, 5.74) is 0.509. The van der Waals surface area contributed by atoms with Crippen molar-refractivity contribution in [2.24, 2.45) is 5.92 Å². The number of aliphatic hydroxyl groups excluding tert-OH is 1. The van der Waals surface area contributed by atoms with E-state index in [1.54, 1.807) is 17.0 Å². The van der Waals surface area contributed by atoms with Gasteiger partial charge in [-0.3, -0.25) is 4.79 Å². The van der Waals surface area contributed by atoms with E-state index in [4.69, 9.17) is 5.11 Å². The Kier molecular flexibility index (Phi) is 2.63. The van der Waals surface area contributed by atoms with E-state index in [2.05, 4.69) is 0 Å². The fourth-order valence-corrected chi connectivity index (χ4v) is 2.67. The number of likely N-dealkylation sites (tertiary alicyclic amines) is 1. The van der Waals surface area contributed by atoms with Crippen LogP contribution >= 0.6 is 0 Å². The topological polar surface area (TPSA) is 40.5 Å². The number of aliphatic hydroxyl groups is 1. The number of carbonyl (C=O) groups excluding carboxylic acids is 1. The minimum absolute atomic E-state index is 0.138. The molecular formula is C14H16FNO2. The smallest absolute Gasteiger partial charge is 0.233 e. The van der Waals surface area contributed by atoms with E-state index >= 15 is 0 Å². The predicted octanol–water partition coefficient (Wildman–Crippen LogP) is 1.31. The molecule has 18 heavy (non-hydrogen) atoms. The van der Waals surface area contributed by atoms with Gasteiger partial charge in [0.25, 0.3) is 0 Å². The van der Waals surface area contributed by atoms with Crippen LogP contribution in [0.25, 0.3) is 0 Å². The van der Waals surface area contributed by atoms with Crippen LogP contribution in [0, 0.1) is 11.7 Å². The lowest BCUT2D eigenvalue weighted by atomic mass is 9.91. The third-order valence-corrected chi connectivity index (χ3v) is 4.06. The Bertz CT molecular complexity index is 461. The molecule has 3 nitrogen and oxygen atoms in total. The first-order chi connectivity index (χ1) is 8.65. The largest absolute Gasteiger partial charge is 0.396 e. The normalized spacial score (nSPS) is 21.6. The van der Waals surface area contributed by atoms with Gasteiger partial charge in [-0.15, -0.1) is 0 Å². The Morgan fingerprint density at radius 1 is 1.33 bits per heavy atom. The molecule has 0 unspecified atom stereocenters. The van der Waals surface area contributed by atoms with E-state index in [0.29, 0.717) is 13.1 Å². The SMILES string of the molecule is O=C(N1CC(CO)C1)C1(c2ccc(F)cc2)CC1. The number of hydrogen-bond donors (Lipinski definition) is 1. The number of carbonyl (C=O) groups is 1. The van der Waals surface area contributed by atoms with Crippen LogP contribution in [0.1, 0.15) is 18.4 Å². The van der Waals surface area contributed by atoms with Crippen LogP contribution in [0.2, 0.25) is 0 Å². The summed E-state index contributed by atoms with van der Waals surface area (Å²) >= 11 is 0. The zero-order valence-corrected chi connectivity index (χ0v) is 10.1. The Morgan fingerprint density at radius 2 is 1.94 bits per heavy atom. The number of hydrogen-bond acceptors (Lipinski definition) is 2. The van der Waals surface area contributed by atoms with Crippen LogP contribution in [0.5, 0.6) is 0 Å². The molecule has 0 radical (unpaired) electrons. The van der Waals surface area contributed by atoms with Gasteiger partial charge in [0.2, 0.25) is 5.91 Å². The first kappa shape index (κ1) is 11.7. The lowest BCUT2D eigenvalue weighted by Crippen LogP contribution is -2.54. The number of rotatable bonds is 3. The van der Waals surface area contributed by atoms with Crippen LogP contribution in [-0.4, -0.2) is 35.6 Å². The minimum Gasteiger partial charge on any atom is -0.396 e. The molecule has 1 heterocycles. The van der Waals surface area contributed by atoms with Gasteiger partial charge in [0.15, 0.2) is 0 Å². The van der Waals surface area contributed by atoms with Crippen LogP contribution in [0.3, 0.4) is 0 Å². The number of benzene rings is 1. The van der Waals surface area contributed by atoms with E-state index in [1.807, 2.05) is 0 Å². The monoisotopic (exact) mass is 249 g/mol. The van der Waals surface area contributed by atoms with Gasteiger partial charge in [0.05, 0.1) is 5.41 Å². The van der Waals surface area contributed by atoms with Gasteiger partial charge >= 0.3 is 0 Å². The van der Waals surface area contributed by atoms with Crippen LogP contribution in [0.4, 0.5) is 4.39 Å². The zero-order valence-electron chi connectivity index (χ0n) is 10.1. The first-order valence-electron chi connectivity index (χ1n) is 6.32. The average Bonchev–Trinajstić information content (AvgIpc) is 3.10. The van der Waals surface area contributed by atoms with Gasteiger partial charge in [-0.1, -0.05) is 12.1 Å². The van der Waals surface area contributed by atoms with Crippen molar-refractivity contribution in [3.05, 3.63) is 35.6 Å². The lowest BCUT2D eigenvalue weighted by molar-refractivity contribution is -0.141. The molecule has 4 heteroatoms. The van der Waals surface area contributed by atoms with Gasteiger partial charge in [-0.25, -0.2) is 4.39 Å². The van der Waals surface area contributed by atoms with E-state index < -0.39 is 5.41 Å². The summed E-state index contributed by atoms with van der Waals surface area (Å²) in [4.78, 5) is 14.2. The molecule has 1 aliphatic heterocycles. The van der Waals surface area contributed by atoms with Crippen molar-refractivity contribution in [1.82, 2.24) is 4.90 Å². The van der Waals surface area contributed by atoms with Crippen molar-refractivity contribution in [3.63, 3.8) is 0 Å². The predicted molar refractivity (Wildman–Crippen MR) is 64.5 cm³/mol. The molecule has 1 saturated heterocycles. The lowest BCUT2D eigenvalue weighted by Gasteiger charge is -2.40. The van der Waals surface area contributed by atoms with Crippen LogP contribution in [-0.2, 0) is 10.2 Å². The summed E-state index contributed by atoms with van der Waals surface area (Å²) in [7, 11) is 0. The second-order valence-electron chi connectivity index (χ2n) is 5.35. The molecule has 3 rings (SSSR count). The molecule has 1 amide bonds. The molecule has 96 valence electrons. The van der Waals surface area contributed by atoms with Crippen LogP contribution in [0.15, 0.2) is 24.3 Å². The number of amides is 1. The molecule has 2 fully saturated rings. The fraction of sp³-hybridized carbons (Fsp3) is 0.500. The molecule has 2 aliphatic rings. The van der Waals surface area contributed by atoms with Crippen molar-refractivity contribution in [2.45, 2.75) is 18.3 Å². The van der Waals surface area contributed by atoms with Crippen molar-refractivity contribution < 1.29 is 14.3 Å². The maximum absolute atomic E-state index is 12.9. The summed E-state index contributed by atoms with van der Waals surface area (Å²) in [5.74, 6) is 0.100. The van der Waals surface area contributed by atoms with Crippen molar-refractivity contribution >= 4 is 5.91 Å². The van der Waals surface area contributed by atoms with Crippen molar-refractivity contribution in [1.29, 1.82) is 0 Å². The van der Waals surface area contributed by atoms with Crippen molar-refractivity contribution in [2.75, 3.05) is 19.7 Å². The van der Waals surface area contributed by atoms with E-state index in [9.17, 15) is 9.18 Å². The van der Waals surface area contributed by atoms with E-state index in [0.717, 1.165) is 18.4 Å². The van der Waals surface area contributed by atoms with E-state index in [-0.39, 0.29) is 24.2 Å². The highest BCUT2D eigenvalue weighted by molar-refractivity contribution is 5.91. The quantitative estimate of drug-likeness (QED) is 0.877. The van der Waals surface area contributed by atoms with Gasteiger partial charge in [-0.05, 0) is 30.5 Å². The van der Waals surface area contributed by atoms with E-state index in [1.165, 1.54) is 12.1 Å². The molecule has 1 aromatic rings. The molecule has 0 spiro atoms. The van der Waals surface area contributed by atoms with Gasteiger partial charge in [0, 0.05) is 25.6 Å². The second kappa shape index (κ2) is 4.05. The summed E-state index contributed by atoms with van der Waals surface area (Å²) in [6.07, 6.45) is 1.69. The zero-order chi connectivity index (χ0) is 12.8. The Balaban J connectivity index is 1.75. The molecule has 1 N–H and O–H groups in total. The van der Waals surface area contributed by atoms with Gasteiger partial charge < -0.3 is 10.0 Å². The molecule has 1 aromatic carbocycles. The highest BCUT2D eigenvalue weighted by Crippen LogP contribution is 2.50. The Hall–Kier alpha value is -1.42. The maximum atomic E-state index is 12.9. The van der Waals surface area contributed by atoms with Gasteiger partial charge in [-0.2, -0.15) is 0 Å². The average molecular weight is 249 g/mol. The molecule has 1 aliphatic carbocycles. The molecular weight excluding hydrogens is 233 g/mol. The summed E-state index contributed by atoms with van der Waals surface area (Å²) in [6, 6.07) is 6.25.